The predicted molar refractivity (Wildman–Crippen MR) is 162 cm³/mol. The second-order valence-corrected chi connectivity index (χ2v) is 13.7. The molecule has 238 valence electrons. The second kappa shape index (κ2) is 14.6. The molecule has 3 aliphatic rings. The van der Waals surface area contributed by atoms with Crippen molar-refractivity contribution in [1.29, 1.82) is 0 Å². The number of fused-ring (bicyclic) bond motifs is 1. The standard InChI is InChI=1S/C32H50N6O5/c1-5-10-22(19-39)35-30(42)26-23-14-9-13-21(23)18-38(26)31(43)27(32(2,3)4)37-29(41)25(20-11-7-6-8-12-20)36-28(40)24-17-33-15-16-34-24/h15-17,20-23,25-27,39H,5-14,18-19H2,1-4H3,(H,35,42)(H,36,40)(H,37,41). The van der Waals surface area contributed by atoms with Crippen molar-refractivity contribution in [3.8, 4) is 0 Å². The highest BCUT2D eigenvalue weighted by atomic mass is 16.3. The molecule has 6 atom stereocenters. The van der Waals surface area contributed by atoms with Crippen LogP contribution in [0.4, 0.5) is 0 Å². The van der Waals surface area contributed by atoms with Gasteiger partial charge in [0.1, 0.15) is 23.8 Å². The fourth-order valence-electron chi connectivity index (χ4n) is 7.26. The lowest BCUT2D eigenvalue weighted by Gasteiger charge is -2.38. The Morgan fingerprint density at radius 1 is 1.00 bits per heavy atom. The molecule has 2 heterocycles. The molecule has 43 heavy (non-hydrogen) atoms. The molecule has 11 heteroatoms. The SMILES string of the molecule is CCCC(CO)NC(=O)C1C2CCCC2CN1C(=O)C(NC(=O)C(NC(=O)c1cnccn1)C1CCCCC1)C(C)(C)C. The minimum absolute atomic E-state index is 0.0579. The Bertz CT molecular complexity index is 1120. The zero-order chi connectivity index (χ0) is 31.1. The van der Waals surface area contributed by atoms with Crippen molar-refractivity contribution in [2.75, 3.05) is 13.2 Å². The van der Waals surface area contributed by atoms with E-state index in [1.165, 1.54) is 18.6 Å². The lowest BCUT2D eigenvalue weighted by molar-refractivity contribution is -0.145. The van der Waals surface area contributed by atoms with Crippen molar-refractivity contribution in [3.05, 3.63) is 24.3 Å². The average Bonchev–Trinajstić information content (AvgIpc) is 3.60. The number of likely N-dealkylation sites (tertiary alicyclic amines) is 1. The molecule has 11 nitrogen and oxygen atoms in total. The highest BCUT2D eigenvalue weighted by Crippen LogP contribution is 2.43. The lowest BCUT2D eigenvalue weighted by Crippen LogP contribution is -2.62. The van der Waals surface area contributed by atoms with E-state index in [1.807, 2.05) is 27.7 Å². The van der Waals surface area contributed by atoms with Gasteiger partial charge in [-0.15, -0.1) is 0 Å². The van der Waals surface area contributed by atoms with E-state index in [0.717, 1.165) is 57.8 Å². The van der Waals surface area contributed by atoms with Gasteiger partial charge in [0.05, 0.1) is 18.8 Å². The summed E-state index contributed by atoms with van der Waals surface area (Å²) in [5.74, 6) is -1.17. The minimum Gasteiger partial charge on any atom is -0.394 e. The van der Waals surface area contributed by atoms with Crippen LogP contribution in [0.2, 0.25) is 0 Å². The molecule has 0 bridgehead atoms. The Hall–Kier alpha value is -3.08. The first-order chi connectivity index (χ1) is 20.5. The molecule has 0 spiro atoms. The number of carbonyl (C=O) groups excluding carboxylic acids is 4. The number of aromatic nitrogens is 2. The molecule has 2 saturated carbocycles. The molecule has 0 radical (unpaired) electrons. The van der Waals surface area contributed by atoms with Gasteiger partial charge in [-0.25, -0.2) is 4.98 Å². The topological polar surface area (TPSA) is 154 Å². The van der Waals surface area contributed by atoms with E-state index in [9.17, 15) is 24.3 Å². The molecule has 4 rings (SSSR count). The molecule has 1 saturated heterocycles. The van der Waals surface area contributed by atoms with Gasteiger partial charge < -0.3 is 26.0 Å². The number of amides is 4. The van der Waals surface area contributed by atoms with Gasteiger partial charge in [-0.3, -0.25) is 24.2 Å². The van der Waals surface area contributed by atoms with Crippen LogP contribution in [0.25, 0.3) is 0 Å². The van der Waals surface area contributed by atoms with Gasteiger partial charge in [0.2, 0.25) is 17.7 Å². The van der Waals surface area contributed by atoms with E-state index in [0.29, 0.717) is 13.0 Å². The maximum Gasteiger partial charge on any atom is 0.272 e. The summed E-state index contributed by atoms with van der Waals surface area (Å²) in [6, 6.07) is -2.73. The first-order valence-corrected chi connectivity index (χ1v) is 16.1. The van der Waals surface area contributed by atoms with E-state index in [1.54, 1.807) is 4.90 Å². The zero-order valence-electron chi connectivity index (χ0n) is 26.2. The number of hydrogen-bond acceptors (Lipinski definition) is 7. The Morgan fingerprint density at radius 2 is 1.74 bits per heavy atom. The van der Waals surface area contributed by atoms with E-state index in [2.05, 4.69) is 25.9 Å². The van der Waals surface area contributed by atoms with Gasteiger partial charge in [0, 0.05) is 18.9 Å². The molecule has 4 amide bonds. The highest BCUT2D eigenvalue weighted by Gasteiger charge is 2.52. The fraction of sp³-hybridized carbons (Fsp3) is 0.750. The Kier molecular flexibility index (Phi) is 11.1. The zero-order valence-corrected chi connectivity index (χ0v) is 26.2. The third kappa shape index (κ3) is 7.91. The van der Waals surface area contributed by atoms with Crippen LogP contribution in [-0.2, 0) is 14.4 Å². The molecule has 4 N–H and O–H groups in total. The smallest absolute Gasteiger partial charge is 0.272 e. The van der Waals surface area contributed by atoms with Gasteiger partial charge in [-0.1, -0.05) is 59.8 Å². The van der Waals surface area contributed by atoms with Crippen molar-refractivity contribution >= 4 is 23.6 Å². The van der Waals surface area contributed by atoms with Crippen molar-refractivity contribution in [2.45, 2.75) is 116 Å². The summed E-state index contributed by atoms with van der Waals surface area (Å²) in [6.45, 7) is 8.02. The van der Waals surface area contributed by atoms with E-state index >= 15 is 0 Å². The maximum absolute atomic E-state index is 14.4. The van der Waals surface area contributed by atoms with E-state index in [4.69, 9.17) is 0 Å². The summed E-state index contributed by atoms with van der Waals surface area (Å²) < 4.78 is 0. The summed E-state index contributed by atoms with van der Waals surface area (Å²) in [6.07, 6.45) is 13.2. The summed E-state index contributed by atoms with van der Waals surface area (Å²) in [5, 5.41) is 18.7. The van der Waals surface area contributed by atoms with Crippen LogP contribution >= 0.6 is 0 Å². The van der Waals surface area contributed by atoms with Crippen molar-refractivity contribution in [2.24, 2.45) is 23.2 Å². The second-order valence-electron chi connectivity index (χ2n) is 13.7. The Morgan fingerprint density at radius 3 is 2.37 bits per heavy atom. The van der Waals surface area contributed by atoms with Crippen LogP contribution in [0.15, 0.2) is 18.6 Å². The third-order valence-corrected chi connectivity index (χ3v) is 9.53. The van der Waals surface area contributed by atoms with Gasteiger partial charge in [-0.05, 0) is 55.3 Å². The number of rotatable bonds is 11. The number of aliphatic hydroxyl groups excluding tert-OH is 1. The third-order valence-electron chi connectivity index (χ3n) is 9.53. The number of aliphatic hydroxyl groups is 1. The average molecular weight is 599 g/mol. The minimum atomic E-state index is -0.905. The first kappa shape index (κ1) is 32.8. The summed E-state index contributed by atoms with van der Waals surface area (Å²) in [5.41, 5.74) is -0.533. The molecular weight excluding hydrogens is 548 g/mol. The number of nitrogens with one attached hydrogen (secondary N) is 3. The number of nitrogens with zero attached hydrogens (tertiary/aromatic N) is 3. The maximum atomic E-state index is 14.4. The molecule has 0 aromatic carbocycles. The summed E-state index contributed by atoms with van der Waals surface area (Å²) in [7, 11) is 0. The van der Waals surface area contributed by atoms with Gasteiger partial charge >= 0.3 is 0 Å². The molecule has 1 aromatic rings. The molecule has 6 unspecified atom stereocenters. The highest BCUT2D eigenvalue weighted by molar-refractivity contribution is 5.98. The van der Waals surface area contributed by atoms with Crippen LogP contribution in [0, 0.1) is 23.2 Å². The fourth-order valence-corrected chi connectivity index (χ4v) is 7.26. The molecular formula is C32H50N6O5. The van der Waals surface area contributed by atoms with Gasteiger partial charge in [0.25, 0.3) is 5.91 Å². The van der Waals surface area contributed by atoms with Gasteiger partial charge in [0.15, 0.2) is 0 Å². The van der Waals surface area contributed by atoms with Gasteiger partial charge in [-0.2, -0.15) is 0 Å². The molecule has 3 fully saturated rings. The van der Waals surface area contributed by atoms with Crippen LogP contribution in [0.5, 0.6) is 0 Å². The van der Waals surface area contributed by atoms with E-state index in [-0.39, 0.29) is 47.9 Å². The lowest BCUT2D eigenvalue weighted by atomic mass is 9.82. The monoisotopic (exact) mass is 598 g/mol. The Balaban J connectivity index is 1.56. The van der Waals surface area contributed by atoms with Crippen LogP contribution in [0.1, 0.15) is 102 Å². The largest absolute Gasteiger partial charge is 0.394 e. The molecule has 1 aromatic heterocycles. The summed E-state index contributed by atoms with van der Waals surface area (Å²) in [4.78, 5) is 64.9. The number of carbonyl (C=O) groups is 4. The van der Waals surface area contributed by atoms with Crippen molar-refractivity contribution < 1.29 is 24.3 Å². The van der Waals surface area contributed by atoms with Crippen LogP contribution < -0.4 is 16.0 Å². The predicted octanol–water partition coefficient (Wildman–Crippen LogP) is 2.59. The number of hydrogen-bond donors (Lipinski definition) is 4. The quantitative estimate of drug-likeness (QED) is 0.305. The van der Waals surface area contributed by atoms with E-state index < -0.39 is 35.4 Å². The van der Waals surface area contributed by atoms with Crippen LogP contribution in [0.3, 0.4) is 0 Å². The Labute approximate surface area is 255 Å². The van der Waals surface area contributed by atoms with Crippen LogP contribution in [-0.4, -0.2) is 80.9 Å². The first-order valence-electron chi connectivity index (χ1n) is 16.1. The van der Waals surface area contributed by atoms with Crippen molar-refractivity contribution in [3.63, 3.8) is 0 Å². The molecule has 1 aliphatic heterocycles. The molecule has 2 aliphatic carbocycles. The summed E-state index contributed by atoms with van der Waals surface area (Å²) >= 11 is 0. The van der Waals surface area contributed by atoms with Crippen molar-refractivity contribution in [1.82, 2.24) is 30.8 Å². The normalized spacial score (nSPS) is 24.5.